The van der Waals surface area contributed by atoms with Crippen LogP contribution < -0.4 is 4.74 Å². The molecule has 1 atom stereocenters. The molecule has 1 heterocycles. The van der Waals surface area contributed by atoms with Crippen molar-refractivity contribution in [2.45, 2.75) is 12.3 Å². The summed E-state index contributed by atoms with van der Waals surface area (Å²) >= 11 is 6.46. The summed E-state index contributed by atoms with van der Waals surface area (Å²) in [5.74, 6) is -0.203. The third-order valence-electron chi connectivity index (χ3n) is 5.54. The molecule has 0 unspecified atom stereocenters. The van der Waals surface area contributed by atoms with Crippen LogP contribution in [0.1, 0.15) is 33.0 Å². The number of esters is 1. The van der Waals surface area contributed by atoms with Gasteiger partial charge in [0.15, 0.2) is 0 Å². The minimum absolute atomic E-state index is 0.0885. The Balaban J connectivity index is 1.67. The van der Waals surface area contributed by atoms with Gasteiger partial charge in [0, 0.05) is 31.1 Å². The van der Waals surface area contributed by atoms with Gasteiger partial charge in [-0.15, -0.1) is 0 Å². The maximum absolute atomic E-state index is 12.6. The molecule has 31 heavy (non-hydrogen) atoms. The fourth-order valence-corrected chi connectivity index (χ4v) is 4.12. The van der Waals surface area contributed by atoms with Crippen molar-refractivity contribution in [3.63, 3.8) is 0 Å². The Kier molecular flexibility index (Phi) is 6.02. The molecule has 4 rings (SSSR count). The third kappa shape index (κ3) is 4.60. The number of rotatable bonds is 4. The van der Waals surface area contributed by atoms with E-state index in [1.807, 2.05) is 30.3 Å². The molecule has 0 N–H and O–H groups in total. The first-order valence-electron chi connectivity index (χ1n) is 9.95. The number of ether oxygens (including phenoxy) is 1. The van der Waals surface area contributed by atoms with Gasteiger partial charge in [0.1, 0.15) is 5.75 Å². The number of benzene rings is 3. The van der Waals surface area contributed by atoms with Crippen molar-refractivity contribution < 1.29 is 14.5 Å². The first-order valence-corrected chi connectivity index (χ1v) is 10.3. The molecule has 3 aromatic carbocycles. The van der Waals surface area contributed by atoms with Crippen LogP contribution in [0.15, 0.2) is 66.7 Å². The van der Waals surface area contributed by atoms with Gasteiger partial charge in [0.25, 0.3) is 5.69 Å². The Bertz CT molecular complexity index is 1120. The van der Waals surface area contributed by atoms with Gasteiger partial charge in [-0.25, -0.2) is 4.79 Å². The quantitative estimate of drug-likeness (QED) is 0.246. The van der Waals surface area contributed by atoms with Crippen molar-refractivity contribution in [1.29, 1.82) is 0 Å². The Hall–Kier alpha value is -3.22. The van der Waals surface area contributed by atoms with E-state index in [0.717, 1.165) is 30.6 Å². The van der Waals surface area contributed by atoms with Gasteiger partial charge in [0.2, 0.25) is 0 Å². The van der Waals surface area contributed by atoms with Crippen LogP contribution in [0.3, 0.4) is 0 Å². The minimum atomic E-state index is -0.612. The molecule has 1 aliphatic heterocycles. The lowest BCUT2D eigenvalue weighted by Gasteiger charge is -2.22. The van der Waals surface area contributed by atoms with Crippen molar-refractivity contribution in [3.05, 3.63) is 104 Å². The summed E-state index contributed by atoms with van der Waals surface area (Å²) < 4.78 is 5.60. The van der Waals surface area contributed by atoms with Crippen molar-refractivity contribution in [2.75, 3.05) is 20.1 Å². The Labute approximate surface area is 185 Å². The number of hydrogen-bond acceptors (Lipinski definition) is 5. The summed E-state index contributed by atoms with van der Waals surface area (Å²) in [5, 5.41) is 11.2. The van der Waals surface area contributed by atoms with E-state index in [4.69, 9.17) is 16.3 Å². The van der Waals surface area contributed by atoms with Gasteiger partial charge >= 0.3 is 5.97 Å². The second-order valence-corrected chi connectivity index (χ2v) is 8.06. The molecule has 0 spiro atoms. The normalized spacial score (nSPS) is 16.3. The average molecular weight is 437 g/mol. The van der Waals surface area contributed by atoms with E-state index in [0.29, 0.717) is 5.02 Å². The number of carbonyl (C=O) groups excluding carboxylic acids is 1. The van der Waals surface area contributed by atoms with Crippen LogP contribution >= 0.6 is 11.6 Å². The molecule has 0 aliphatic carbocycles. The number of halogens is 1. The SMILES string of the molecule is CN1CCc2cc(Cl)c(OC(=O)c3ccc([N+](=O)[O-])cc3)cc2[C@H](c2ccccc2)C1. The highest BCUT2D eigenvalue weighted by molar-refractivity contribution is 6.32. The highest BCUT2D eigenvalue weighted by Gasteiger charge is 2.25. The first-order chi connectivity index (χ1) is 14.9. The van der Waals surface area contributed by atoms with E-state index in [9.17, 15) is 14.9 Å². The molecule has 7 heteroatoms. The first kappa shape index (κ1) is 21.0. The van der Waals surface area contributed by atoms with Crippen LogP contribution in [0, 0.1) is 10.1 Å². The number of likely N-dealkylation sites (N-methyl/N-ethyl adjacent to an activating group) is 1. The van der Waals surface area contributed by atoms with Gasteiger partial charge in [-0.3, -0.25) is 10.1 Å². The highest BCUT2D eigenvalue weighted by Crippen LogP contribution is 2.37. The van der Waals surface area contributed by atoms with Crippen LogP contribution in [0.2, 0.25) is 5.02 Å². The maximum atomic E-state index is 12.6. The van der Waals surface area contributed by atoms with Gasteiger partial charge in [-0.05, 0) is 54.4 Å². The number of nitro benzene ring substituents is 1. The highest BCUT2D eigenvalue weighted by atomic mass is 35.5. The summed E-state index contributed by atoms with van der Waals surface area (Å²) in [6.07, 6.45) is 0.853. The largest absolute Gasteiger partial charge is 0.421 e. The third-order valence-corrected chi connectivity index (χ3v) is 5.84. The molecular weight excluding hydrogens is 416 g/mol. The summed E-state index contributed by atoms with van der Waals surface area (Å²) in [5.41, 5.74) is 3.54. The Morgan fingerprint density at radius 1 is 1.13 bits per heavy atom. The zero-order chi connectivity index (χ0) is 22.0. The molecule has 1 aliphatic rings. The Morgan fingerprint density at radius 3 is 2.52 bits per heavy atom. The zero-order valence-electron chi connectivity index (χ0n) is 17.0. The molecular formula is C24H21ClN2O4. The average Bonchev–Trinajstić information content (AvgIpc) is 2.93. The van der Waals surface area contributed by atoms with E-state index in [1.54, 1.807) is 0 Å². The number of non-ortho nitro benzene ring substituents is 1. The van der Waals surface area contributed by atoms with Gasteiger partial charge in [0.05, 0.1) is 15.5 Å². The molecule has 0 bridgehead atoms. The van der Waals surface area contributed by atoms with Crippen molar-refractivity contribution in [1.82, 2.24) is 4.90 Å². The number of hydrogen-bond donors (Lipinski definition) is 0. The number of carbonyl (C=O) groups is 1. The standard InChI is InChI=1S/C24H21ClN2O4/c1-26-12-11-18-13-22(25)23(14-20(18)21(15-26)16-5-3-2-4-6-16)31-24(28)17-7-9-19(10-8-17)27(29)30/h2-10,13-14,21H,11-12,15H2,1H3/t21-/m0/s1. The molecule has 0 saturated heterocycles. The van der Waals surface area contributed by atoms with Crippen molar-refractivity contribution >= 4 is 23.3 Å². The van der Waals surface area contributed by atoms with Crippen LogP contribution in [-0.4, -0.2) is 35.9 Å². The molecule has 0 saturated carbocycles. The van der Waals surface area contributed by atoms with Crippen LogP contribution in [0.4, 0.5) is 5.69 Å². The molecule has 6 nitrogen and oxygen atoms in total. The van der Waals surface area contributed by atoms with E-state index >= 15 is 0 Å². The Morgan fingerprint density at radius 2 is 1.84 bits per heavy atom. The number of fused-ring (bicyclic) bond motifs is 1. The summed E-state index contributed by atoms with van der Waals surface area (Å²) in [4.78, 5) is 25.2. The van der Waals surface area contributed by atoms with Crippen LogP contribution in [0.5, 0.6) is 5.75 Å². The van der Waals surface area contributed by atoms with E-state index in [1.165, 1.54) is 29.8 Å². The molecule has 0 fully saturated rings. The van der Waals surface area contributed by atoms with Gasteiger partial charge < -0.3 is 9.64 Å². The van der Waals surface area contributed by atoms with E-state index in [-0.39, 0.29) is 22.9 Å². The maximum Gasteiger partial charge on any atom is 0.343 e. The molecule has 0 radical (unpaired) electrons. The van der Waals surface area contributed by atoms with Gasteiger partial charge in [-0.2, -0.15) is 0 Å². The fraction of sp³-hybridized carbons (Fsp3) is 0.208. The smallest absolute Gasteiger partial charge is 0.343 e. The summed E-state index contributed by atoms with van der Waals surface area (Å²) in [6.45, 7) is 1.75. The minimum Gasteiger partial charge on any atom is -0.421 e. The second-order valence-electron chi connectivity index (χ2n) is 7.65. The van der Waals surface area contributed by atoms with Gasteiger partial charge in [-0.1, -0.05) is 41.9 Å². The van der Waals surface area contributed by atoms with Crippen LogP contribution in [-0.2, 0) is 6.42 Å². The lowest BCUT2D eigenvalue weighted by Crippen LogP contribution is -2.24. The molecule has 3 aromatic rings. The second kappa shape index (κ2) is 8.88. The molecule has 0 amide bonds. The number of nitrogens with zero attached hydrogens (tertiary/aromatic N) is 2. The van der Waals surface area contributed by atoms with E-state index < -0.39 is 10.9 Å². The summed E-state index contributed by atoms with van der Waals surface area (Å²) in [6, 6.07) is 19.3. The predicted molar refractivity (Wildman–Crippen MR) is 119 cm³/mol. The summed E-state index contributed by atoms with van der Waals surface area (Å²) in [7, 11) is 2.10. The monoisotopic (exact) mass is 436 g/mol. The number of nitro groups is 1. The lowest BCUT2D eigenvalue weighted by atomic mass is 9.88. The topological polar surface area (TPSA) is 72.7 Å². The molecule has 158 valence electrons. The van der Waals surface area contributed by atoms with Crippen molar-refractivity contribution in [3.8, 4) is 5.75 Å². The van der Waals surface area contributed by atoms with Crippen molar-refractivity contribution in [2.24, 2.45) is 0 Å². The lowest BCUT2D eigenvalue weighted by molar-refractivity contribution is -0.384. The zero-order valence-corrected chi connectivity index (χ0v) is 17.7. The predicted octanol–water partition coefficient (Wildman–Crippen LogP) is 5.09. The van der Waals surface area contributed by atoms with E-state index in [2.05, 4.69) is 24.1 Å². The van der Waals surface area contributed by atoms with Crippen LogP contribution in [0.25, 0.3) is 0 Å². The fourth-order valence-electron chi connectivity index (χ4n) is 3.89. The molecule has 0 aromatic heterocycles.